The molecule has 0 aliphatic heterocycles. The van der Waals surface area contributed by atoms with Gasteiger partial charge in [0.2, 0.25) is 0 Å². The SMILES string of the molecule is COC(=O)C(C(F)C(F)F)P(=O)(O)O. The van der Waals surface area contributed by atoms with E-state index in [9.17, 15) is 22.5 Å². The van der Waals surface area contributed by atoms with Gasteiger partial charge < -0.3 is 14.5 Å². The molecule has 0 amide bonds. The second-order valence-electron chi connectivity index (χ2n) is 2.34. The average molecular weight is 236 g/mol. The summed E-state index contributed by atoms with van der Waals surface area (Å²) in [5, 5.41) is 0. The third kappa shape index (κ3) is 3.28. The number of rotatable bonds is 4. The zero-order chi connectivity index (χ0) is 11.5. The molecule has 0 saturated carbocycles. The van der Waals surface area contributed by atoms with Crippen LogP contribution in [0.4, 0.5) is 13.2 Å². The average Bonchev–Trinajstić information content (AvgIpc) is 2.01. The molecule has 0 aromatic carbocycles. The highest BCUT2D eigenvalue weighted by molar-refractivity contribution is 7.53. The Labute approximate surface area is 77.0 Å². The van der Waals surface area contributed by atoms with Crippen LogP contribution < -0.4 is 0 Å². The summed E-state index contributed by atoms with van der Waals surface area (Å²) in [7, 11) is -4.58. The summed E-state index contributed by atoms with van der Waals surface area (Å²) < 4.78 is 50.4. The van der Waals surface area contributed by atoms with Crippen molar-refractivity contribution in [3.63, 3.8) is 0 Å². The number of hydrogen-bond donors (Lipinski definition) is 2. The fourth-order valence-corrected chi connectivity index (χ4v) is 1.59. The predicted octanol–water partition coefficient (Wildman–Crippen LogP) is 0.309. The molecule has 0 spiro atoms. The molecule has 0 bridgehead atoms. The van der Waals surface area contributed by atoms with Crippen LogP contribution in [-0.2, 0) is 14.1 Å². The van der Waals surface area contributed by atoms with Gasteiger partial charge >= 0.3 is 13.6 Å². The number of carbonyl (C=O) groups is 1. The van der Waals surface area contributed by atoms with Crippen molar-refractivity contribution in [1.82, 2.24) is 0 Å². The molecule has 5 nitrogen and oxygen atoms in total. The van der Waals surface area contributed by atoms with Gasteiger partial charge in [0.15, 0.2) is 11.8 Å². The lowest BCUT2D eigenvalue weighted by molar-refractivity contribution is -0.143. The van der Waals surface area contributed by atoms with Gasteiger partial charge in [0.05, 0.1) is 7.11 Å². The molecule has 9 heteroatoms. The lowest BCUT2D eigenvalue weighted by atomic mass is 10.3. The third-order valence-corrected chi connectivity index (χ3v) is 2.57. The van der Waals surface area contributed by atoms with Gasteiger partial charge in [0, 0.05) is 0 Å². The minimum Gasteiger partial charge on any atom is -0.468 e. The molecule has 0 rings (SSSR count). The molecule has 0 aromatic rings. The summed E-state index contributed by atoms with van der Waals surface area (Å²) >= 11 is 0. The summed E-state index contributed by atoms with van der Waals surface area (Å²) in [4.78, 5) is 27.5. The second kappa shape index (κ2) is 4.77. The van der Waals surface area contributed by atoms with E-state index in [1.165, 1.54) is 0 Å². The number of esters is 1. The van der Waals surface area contributed by atoms with Crippen molar-refractivity contribution in [2.24, 2.45) is 0 Å². The molecular formula is C5H8F3O5P. The molecule has 2 N–H and O–H groups in total. The lowest BCUT2D eigenvalue weighted by Gasteiger charge is -2.18. The van der Waals surface area contributed by atoms with Gasteiger partial charge in [0.1, 0.15) is 0 Å². The number of halogens is 3. The molecule has 0 aromatic heterocycles. The molecular weight excluding hydrogens is 228 g/mol. The Kier molecular flexibility index (Phi) is 4.57. The summed E-state index contributed by atoms with van der Waals surface area (Å²) in [6.45, 7) is 0. The van der Waals surface area contributed by atoms with Crippen LogP contribution in [0.2, 0.25) is 0 Å². The lowest BCUT2D eigenvalue weighted by Crippen LogP contribution is -2.36. The highest BCUT2D eigenvalue weighted by Crippen LogP contribution is 2.45. The van der Waals surface area contributed by atoms with Gasteiger partial charge in [-0.2, -0.15) is 0 Å². The zero-order valence-electron chi connectivity index (χ0n) is 6.93. The normalized spacial score (nSPS) is 16.5. The molecule has 0 saturated heterocycles. The first-order chi connectivity index (χ1) is 6.21. The Bertz CT molecular complexity index is 252. The smallest absolute Gasteiger partial charge is 0.343 e. The number of ether oxygens (including phenoxy) is 1. The highest BCUT2D eigenvalue weighted by Gasteiger charge is 2.47. The first kappa shape index (κ1) is 13.4. The summed E-state index contributed by atoms with van der Waals surface area (Å²) in [6, 6.07) is 0. The Balaban J connectivity index is 4.92. The first-order valence-electron chi connectivity index (χ1n) is 3.27. The van der Waals surface area contributed by atoms with Crippen molar-refractivity contribution in [2.75, 3.05) is 7.11 Å². The largest absolute Gasteiger partial charge is 0.468 e. The topological polar surface area (TPSA) is 83.8 Å². The molecule has 2 atom stereocenters. The maximum atomic E-state index is 12.6. The molecule has 84 valence electrons. The van der Waals surface area contributed by atoms with Crippen molar-refractivity contribution in [3.05, 3.63) is 0 Å². The van der Waals surface area contributed by atoms with E-state index in [0.717, 1.165) is 0 Å². The van der Waals surface area contributed by atoms with Gasteiger partial charge in [-0.3, -0.25) is 9.36 Å². The second-order valence-corrected chi connectivity index (χ2v) is 4.07. The molecule has 2 unspecified atom stereocenters. The van der Waals surface area contributed by atoms with Crippen LogP contribution in [0.3, 0.4) is 0 Å². The van der Waals surface area contributed by atoms with E-state index in [1.54, 1.807) is 0 Å². The van der Waals surface area contributed by atoms with Crippen LogP contribution in [0.25, 0.3) is 0 Å². The third-order valence-electron chi connectivity index (χ3n) is 1.35. The highest BCUT2D eigenvalue weighted by atomic mass is 31.2. The van der Waals surface area contributed by atoms with E-state index in [2.05, 4.69) is 4.74 Å². The van der Waals surface area contributed by atoms with Crippen LogP contribution in [0.15, 0.2) is 0 Å². The van der Waals surface area contributed by atoms with E-state index in [4.69, 9.17) is 9.79 Å². The van der Waals surface area contributed by atoms with Gasteiger partial charge in [-0.15, -0.1) is 0 Å². The predicted molar refractivity (Wildman–Crippen MR) is 38.7 cm³/mol. The van der Waals surface area contributed by atoms with Crippen LogP contribution in [0, 0.1) is 0 Å². The van der Waals surface area contributed by atoms with Gasteiger partial charge in [-0.05, 0) is 0 Å². The maximum Gasteiger partial charge on any atom is 0.343 e. The Morgan fingerprint density at radius 1 is 1.36 bits per heavy atom. The van der Waals surface area contributed by atoms with Crippen molar-refractivity contribution in [2.45, 2.75) is 18.3 Å². The number of carbonyl (C=O) groups excluding carboxylic acids is 1. The fourth-order valence-electron chi connectivity index (χ4n) is 0.711. The molecule has 0 aliphatic rings. The van der Waals surface area contributed by atoms with Gasteiger partial charge in [0.25, 0.3) is 6.43 Å². The summed E-state index contributed by atoms with van der Waals surface area (Å²) in [5.41, 5.74) is -2.77. The quantitative estimate of drug-likeness (QED) is 0.542. The minimum absolute atomic E-state index is 0.711. The molecule has 0 aliphatic carbocycles. The van der Waals surface area contributed by atoms with Crippen molar-refractivity contribution in [1.29, 1.82) is 0 Å². The maximum absolute atomic E-state index is 12.6. The van der Waals surface area contributed by atoms with Gasteiger partial charge in [-0.25, -0.2) is 13.2 Å². The van der Waals surface area contributed by atoms with E-state index in [-0.39, 0.29) is 0 Å². The van der Waals surface area contributed by atoms with E-state index < -0.39 is 31.8 Å². The van der Waals surface area contributed by atoms with Crippen LogP contribution >= 0.6 is 7.60 Å². The van der Waals surface area contributed by atoms with Crippen molar-refractivity contribution in [3.8, 4) is 0 Å². The standard InChI is InChI=1S/C5H8F3O5P/c1-13-5(9)3(14(10,11)12)2(6)4(7)8/h2-4H,1H3,(H2,10,11,12). The number of alkyl halides is 3. The van der Waals surface area contributed by atoms with Crippen LogP contribution in [0.1, 0.15) is 0 Å². The van der Waals surface area contributed by atoms with E-state index in [1.807, 2.05) is 0 Å². The summed E-state index contributed by atoms with van der Waals surface area (Å²) in [6.07, 6.45) is -6.91. The molecule has 0 fully saturated rings. The van der Waals surface area contributed by atoms with E-state index >= 15 is 0 Å². The van der Waals surface area contributed by atoms with Crippen molar-refractivity contribution >= 4 is 13.6 Å². The van der Waals surface area contributed by atoms with Crippen LogP contribution in [-0.4, -0.2) is 41.1 Å². The zero-order valence-corrected chi connectivity index (χ0v) is 7.83. The Morgan fingerprint density at radius 2 is 1.79 bits per heavy atom. The van der Waals surface area contributed by atoms with Crippen LogP contribution in [0.5, 0.6) is 0 Å². The van der Waals surface area contributed by atoms with Crippen molar-refractivity contribution < 1.29 is 37.1 Å². The monoisotopic (exact) mass is 236 g/mol. The first-order valence-corrected chi connectivity index (χ1v) is 4.95. The van der Waals surface area contributed by atoms with E-state index in [0.29, 0.717) is 7.11 Å². The molecule has 14 heavy (non-hydrogen) atoms. The number of hydrogen-bond acceptors (Lipinski definition) is 3. The Morgan fingerprint density at radius 3 is 2.00 bits per heavy atom. The minimum atomic E-state index is -5.29. The summed E-state index contributed by atoms with van der Waals surface area (Å²) in [5.74, 6) is -1.70. The Hall–Kier alpha value is -0.590. The molecule has 0 radical (unpaired) electrons. The fraction of sp³-hybridized carbons (Fsp3) is 0.800. The van der Waals surface area contributed by atoms with Gasteiger partial charge in [-0.1, -0.05) is 0 Å². The molecule has 0 heterocycles. The number of methoxy groups -OCH3 is 1.